The number of carbonyl (C=O) groups excluding carboxylic acids is 1. The Balaban J connectivity index is 2.48. The molecule has 0 unspecified atom stereocenters. The maximum absolute atomic E-state index is 11.6. The number of benzene rings is 1. The highest BCUT2D eigenvalue weighted by Crippen LogP contribution is 2.17. The fourth-order valence-corrected chi connectivity index (χ4v) is 1.11. The van der Waals surface area contributed by atoms with Gasteiger partial charge in [-0.2, -0.15) is 0 Å². The van der Waals surface area contributed by atoms with Crippen LogP contribution in [-0.2, 0) is 11.3 Å². The van der Waals surface area contributed by atoms with E-state index in [-0.39, 0.29) is 12.1 Å². The number of ether oxygens (including phenoxy) is 1. The second-order valence-electron chi connectivity index (χ2n) is 4.52. The van der Waals surface area contributed by atoms with E-state index in [1.54, 1.807) is 0 Å². The van der Waals surface area contributed by atoms with Gasteiger partial charge in [-0.3, -0.25) is 0 Å². The van der Waals surface area contributed by atoms with Gasteiger partial charge in [0.1, 0.15) is 6.61 Å². The van der Waals surface area contributed by atoms with Crippen molar-refractivity contribution in [2.24, 2.45) is 0 Å². The van der Waals surface area contributed by atoms with Gasteiger partial charge >= 0.3 is 6.09 Å². The predicted molar refractivity (Wildman–Crippen MR) is 67.2 cm³/mol. The van der Waals surface area contributed by atoms with E-state index in [4.69, 9.17) is 4.74 Å². The first-order valence-corrected chi connectivity index (χ1v) is 5.51. The van der Waals surface area contributed by atoms with Gasteiger partial charge in [-0.05, 0) is 26.3 Å². The lowest BCUT2D eigenvalue weighted by Gasteiger charge is -2.29. The summed E-state index contributed by atoms with van der Waals surface area (Å²) in [7, 11) is 0. The molecule has 3 nitrogen and oxygen atoms in total. The minimum Gasteiger partial charge on any atom is -0.444 e. The number of carbonyl (C=O) groups is 1. The van der Waals surface area contributed by atoms with Crippen LogP contribution in [0.3, 0.4) is 0 Å². The van der Waals surface area contributed by atoms with Crippen molar-refractivity contribution in [1.29, 1.82) is 0 Å². The molecule has 1 aromatic rings. The van der Waals surface area contributed by atoms with Gasteiger partial charge in [0.2, 0.25) is 0 Å². The Morgan fingerprint density at radius 3 is 2.38 bits per heavy atom. The van der Waals surface area contributed by atoms with Gasteiger partial charge in [0, 0.05) is 5.54 Å². The summed E-state index contributed by atoms with van der Waals surface area (Å²) in [5.41, 5.74) is 0.614. The van der Waals surface area contributed by atoms with Crippen LogP contribution in [0.25, 0.3) is 0 Å². The quantitative estimate of drug-likeness (QED) is 0.803. The summed E-state index contributed by atoms with van der Waals surface area (Å²) in [6.07, 6.45) is -0.431. The van der Waals surface area contributed by atoms with Crippen LogP contribution >= 0.6 is 12.8 Å². The minimum absolute atomic E-state index is 0.271. The molecule has 0 bridgehead atoms. The molecule has 0 fully saturated rings. The summed E-state index contributed by atoms with van der Waals surface area (Å²) in [4.78, 5) is 11.6. The highest BCUT2D eigenvalue weighted by atomic mass is 32.1. The lowest BCUT2D eigenvalue weighted by molar-refractivity contribution is 0.104. The first-order chi connectivity index (χ1) is 7.41. The number of amides is 1. The smallest absolute Gasteiger partial charge is 0.420 e. The lowest BCUT2D eigenvalue weighted by Crippen LogP contribution is -2.38. The van der Waals surface area contributed by atoms with Gasteiger partial charge in [0.15, 0.2) is 0 Å². The molecule has 1 rings (SSSR count). The second kappa shape index (κ2) is 5.25. The minimum atomic E-state index is -0.431. The Labute approximate surface area is 102 Å². The van der Waals surface area contributed by atoms with Gasteiger partial charge in [-0.25, -0.2) is 9.10 Å². The molecule has 0 atom stereocenters. The van der Waals surface area contributed by atoms with Crippen molar-refractivity contribution in [2.45, 2.75) is 32.9 Å². The molecule has 0 aliphatic heterocycles. The Morgan fingerprint density at radius 1 is 1.31 bits per heavy atom. The van der Waals surface area contributed by atoms with Gasteiger partial charge in [0.25, 0.3) is 0 Å². The van der Waals surface area contributed by atoms with Crippen LogP contribution in [0.1, 0.15) is 26.3 Å². The Kier molecular flexibility index (Phi) is 4.24. The summed E-state index contributed by atoms with van der Waals surface area (Å²) in [6.45, 7) is 5.95. The van der Waals surface area contributed by atoms with E-state index in [2.05, 4.69) is 12.8 Å². The molecule has 1 amide bonds. The average molecular weight is 239 g/mol. The maximum Gasteiger partial charge on any atom is 0.420 e. The Bertz CT molecular complexity index is 346. The monoisotopic (exact) mass is 239 g/mol. The van der Waals surface area contributed by atoms with Crippen LogP contribution in [0, 0.1) is 0 Å². The highest BCUT2D eigenvalue weighted by molar-refractivity contribution is 7.78. The molecule has 88 valence electrons. The third-order valence-electron chi connectivity index (χ3n) is 2.01. The number of thiol groups is 1. The second-order valence-corrected chi connectivity index (χ2v) is 4.92. The van der Waals surface area contributed by atoms with Crippen LogP contribution in [0.2, 0.25) is 0 Å². The molecule has 0 aromatic heterocycles. The van der Waals surface area contributed by atoms with Crippen molar-refractivity contribution >= 4 is 18.9 Å². The SMILES string of the molecule is CC(C)(C)N(S)C(=O)OCc1ccccc1. The molecule has 0 spiro atoms. The third kappa shape index (κ3) is 3.77. The van der Waals surface area contributed by atoms with Crippen molar-refractivity contribution in [3.63, 3.8) is 0 Å². The third-order valence-corrected chi connectivity index (χ3v) is 2.78. The van der Waals surface area contributed by atoms with Crippen molar-refractivity contribution < 1.29 is 9.53 Å². The fraction of sp³-hybridized carbons (Fsp3) is 0.417. The normalized spacial score (nSPS) is 11.0. The topological polar surface area (TPSA) is 29.5 Å². The van der Waals surface area contributed by atoms with Gasteiger partial charge in [-0.1, -0.05) is 43.1 Å². The largest absolute Gasteiger partial charge is 0.444 e. The molecule has 0 heterocycles. The summed E-state index contributed by atoms with van der Waals surface area (Å²) >= 11 is 4.11. The van der Waals surface area contributed by atoms with E-state index in [0.29, 0.717) is 0 Å². The summed E-state index contributed by atoms with van der Waals surface area (Å²) < 4.78 is 6.41. The number of hydrogen-bond acceptors (Lipinski definition) is 3. The zero-order chi connectivity index (χ0) is 12.2. The standard InChI is InChI=1S/C12H17NO2S/c1-12(2,3)13(16)11(14)15-9-10-7-5-4-6-8-10/h4-8,16H,9H2,1-3H3. The van der Waals surface area contributed by atoms with E-state index in [1.807, 2.05) is 51.1 Å². The molecule has 16 heavy (non-hydrogen) atoms. The van der Waals surface area contributed by atoms with Crippen molar-refractivity contribution in [3.8, 4) is 0 Å². The summed E-state index contributed by atoms with van der Waals surface area (Å²) in [5, 5.41) is 0. The summed E-state index contributed by atoms with van der Waals surface area (Å²) in [5.74, 6) is 0. The molecule has 0 N–H and O–H groups in total. The predicted octanol–water partition coefficient (Wildman–Crippen LogP) is 3.27. The van der Waals surface area contributed by atoms with Crippen LogP contribution in [-0.4, -0.2) is 15.9 Å². The zero-order valence-corrected chi connectivity index (χ0v) is 10.7. The molecule has 1 aromatic carbocycles. The first kappa shape index (κ1) is 12.9. The Morgan fingerprint density at radius 2 is 1.88 bits per heavy atom. The van der Waals surface area contributed by atoms with Crippen LogP contribution in [0.4, 0.5) is 4.79 Å². The van der Waals surface area contributed by atoms with Crippen molar-refractivity contribution in [3.05, 3.63) is 35.9 Å². The van der Waals surface area contributed by atoms with E-state index in [1.165, 1.54) is 4.31 Å². The van der Waals surface area contributed by atoms with E-state index >= 15 is 0 Å². The average Bonchev–Trinajstić information content (AvgIpc) is 2.25. The van der Waals surface area contributed by atoms with Crippen molar-refractivity contribution in [1.82, 2.24) is 4.31 Å². The zero-order valence-electron chi connectivity index (χ0n) is 9.80. The van der Waals surface area contributed by atoms with Gasteiger partial charge in [0.05, 0.1) is 0 Å². The molecular weight excluding hydrogens is 222 g/mol. The highest BCUT2D eigenvalue weighted by Gasteiger charge is 2.24. The molecule has 0 aliphatic rings. The molecule has 0 saturated heterocycles. The molecule has 4 heteroatoms. The fourth-order valence-electron chi connectivity index (χ4n) is 1.05. The molecule has 0 radical (unpaired) electrons. The van der Waals surface area contributed by atoms with Crippen LogP contribution in [0.5, 0.6) is 0 Å². The van der Waals surface area contributed by atoms with E-state index in [9.17, 15) is 4.79 Å². The summed E-state index contributed by atoms with van der Waals surface area (Å²) in [6, 6.07) is 9.56. The number of rotatable bonds is 2. The molecule has 0 aliphatic carbocycles. The number of nitrogens with zero attached hydrogens (tertiary/aromatic N) is 1. The lowest BCUT2D eigenvalue weighted by atomic mass is 10.1. The first-order valence-electron chi connectivity index (χ1n) is 5.11. The maximum atomic E-state index is 11.6. The van der Waals surface area contributed by atoms with Gasteiger partial charge in [-0.15, -0.1) is 0 Å². The van der Waals surface area contributed by atoms with Crippen molar-refractivity contribution in [2.75, 3.05) is 0 Å². The van der Waals surface area contributed by atoms with Crippen LogP contribution < -0.4 is 0 Å². The van der Waals surface area contributed by atoms with E-state index in [0.717, 1.165) is 5.56 Å². The van der Waals surface area contributed by atoms with E-state index < -0.39 is 6.09 Å². The molecule has 0 saturated carbocycles. The molecular formula is C12H17NO2S. The van der Waals surface area contributed by atoms with Gasteiger partial charge < -0.3 is 4.74 Å². The Hall–Kier alpha value is -1.16. The van der Waals surface area contributed by atoms with Crippen LogP contribution in [0.15, 0.2) is 30.3 Å². The number of hydrogen-bond donors (Lipinski definition) is 1.